The predicted octanol–water partition coefficient (Wildman–Crippen LogP) is 3.70. The summed E-state index contributed by atoms with van der Waals surface area (Å²) >= 11 is 1.65. The number of nitrogens with one attached hydrogen (secondary N) is 1. The Morgan fingerprint density at radius 2 is 1.80 bits per heavy atom. The van der Waals surface area contributed by atoms with Crippen LogP contribution in [0.1, 0.15) is 35.2 Å². The van der Waals surface area contributed by atoms with E-state index in [9.17, 15) is 4.79 Å². The number of piperazine rings is 1. The van der Waals surface area contributed by atoms with Gasteiger partial charge < -0.3 is 4.74 Å². The van der Waals surface area contributed by atoms with Gasteiger partial charge in [0, 0.05) is 50.6 Å². The topological polar surface area (TPSA) is 54.0 Å². The predicted molar refractivity (Wildman–Crippen MR) is 118 cm³/mol. The number of amides is 1. The molecule has 0 spiro atoms. The molecule has 1 atom stereocenters. The van der Waals surface area contributed by atoms with Crippen LogP contribution in [0.4, 0.5) is 0 Å². The third-order valence-corrected chi connectivity index (χ3v) is 6.54. The van der Waals surface area contributed by atoms with Crippen molar-refractivity contribution in [1.29, 1.82) is 0 Å². The average Bonchev–Trinajstić information content (AvgIpc) is 2.80. The normalized spacial score (nSPS) is 20.7. The molecule has 2 aromatic carbocycles. The van der Waals surface area contributed by atoms with Gasteiger partial charge >= 0.3 is 0 Å². The van der Waals surface area contributed by atoms with Gasteiger partial charge in [0.1, 0.15) is 0 Å². The van der Waals surface area contributed by atoms with Crippen LogP contribution in [-0.2, 0) is 16.1 Å². The van der Waals surface area contributed by atoms with Crippen LogP contribution >= 0.6 is 11.9 Å². The van der Waals surface area contributed by atoms with Crippen LogP contribution in [0.5, 0.6) is 0 Å². The van der Waals surface area contributed by atoms with Crippen LogP contribution in [0.2, 0.25) is 0 Å². The minimum absolute atomic E-state index is 0.227. The van der Waals surface area contributed by atoms with Gasteiger partial charge in [-0.25, -0.2) is 14.6 Å². The van der Waals surface area contributed by atoms with Gasteiger partial charge in [-0.3, -0.25) is 9.69 Å². The molecule has 0 radical (unpaired) electrons. The van der Waals surface area contributed by atoms with E-state index < -0.39 is 0 Å². The molecule has 2 aliphatic heterocycles. The zero-order chi connectivity index (χ0) is 20.6. The van der Waals surface area contributed by atoms with Crippen molar-refractivity contribution in [3.8, 4) is 0 Å². The van der Waals surface area contributed by atoms with Crippen molar-refractivity contribution in [3.05, 3.63) is 65.7 Å². The van der Waals surface area contributed by atoms with Gasteiger partial charge in [-0.05, 0) is 42.5 Å². The van der Waals surface area contributed by atoms with Gasteiger partial charge in [0.2, 0.25) is 0 Å². The molecular formula is C23H29N3O3S. The summed E-state index contributed by atoms with van der Waals surface area (Å²) in [6.07, 6.45) is 2.57. The number of carbonyl (C=O) groups is 1. The number of rotatable bonds is 7. The molecule has 0 bridgehead atoms. The molecule has 1 amide bonds. The largest absolute Gasteiger partial charge is 0.350 e. The lowest BCUT2D eigenvalue weighted by molar-refractivity contribution is -0.186. The molecule has 0 saturated carbocycles. The molecule has 1 unspecified atom stereocenters. The summed E-state index contributed by atoms with van der Waals surface area (Å²) in [6.45, 7) is 5.61. The molecule has 4 rings (SSSR count). The van der Waals surface area contributed by atoms with Crippen molar-refractivity contribution >= 4 is 17.9 Å². The highest BCUT2D eigenvalue weighted by molar-refractivity contribution is 7.97. The van der Waals surface area contributed by atoms with Gasteiger partial charge in [-0.15, -0.1) is 0 Å². The maximum atomic E-state index is 12.7. The number of ether oxygens (including phenoxy) is 1. The van der Waals surface area contributed by atoms with E-state index in [1.54, 1.807) is 11.9 Å². The second-order valence-corrected chi connectivity index (χ2v) is 8.76. The van der Waals surface area contributed by atoms with E-state index in [-0.39, 0.29) is 12.2 Å². The Morgan fingerprint density at radius 1 is 1.03 bits per heavy atom. The summed E-state index contributed by atoms with van der Waals surface area (Å²) in [5.41, 5.74) is 4.56. The fourth-order valence-electron chi connectivity index (χ4n) is 3.67. The summed E-state index contributed by atoms with van der Waals surface area (Å²) in [5.74, 6) is -0.227. The van der Waals surface area contributed by atoms with E-state index in [4.69, 9.17) is 9.57 Å². The maximum Gasteiger partial charge on any atom is 0.276 e. The summed E-state index contributed by atoms with van der Waals surface area (Å²) in [5, 5.41) is 0. The van der Waals surface area contributed by atoms with Crippen LogP contribution in [0, 0.1) is 0 Å². The molecule has 2 saturated heterocycles. The van der Waals surface area contributed by atoms with E-state index >= 15 is 0 Å². The molecular weight excluding hydrogens is 398 g/mol. The van der Waals surface area contributed by atoms with E-state index in [0.29, 0.717) is 12.2 Å². The molecule has 1 N–H and O–H groups in total. The Labute approximate surface area is 182 Å². The molecule has 6 nitrogen and oxygen atoms in total. The standard InChI is InChI=1S/C23H29N3O3S/c27-23(24-29-22-12-6-7-17-28-22)20-10-4-5-11-21(20)30-26-15-13-25(14-16-26)18-19-8-2-1-3-9-19/h1-5,8-11,22H,6-7,12-18H2,(H,24,27). The van der Waals surface area contributed by atoms with Crippen molar-refractivity contribution < 1.29 is 14.4 Å². The zero-order valence-electron chi connectivity index (χ0n) is 17.2. The fraction of sp³-hybridized carbons (Fsp3) is 0.435. The van der Waals surface area contributed by atoms with Gasteiger partial charge in [-0.1, -0.05) is 42.5 Å². The van der Waals surface area contributed by atoms with Crippen molar-refractivity contribution in [3.63, 3.8) is 0 Å². The first-order chi connectivity index (χ1) is 14.8. The Morgan fingerprint density at radius 3 is 2.57 bits per heavy atom. The number of benzene rings is 2. The Hall–Kier alpha value is -1.90. The highest BCUT2D eigenvalue weighted by atomic mass is 32.2. The number of carbonyl (C=O) groups excluding carboxylic acids is 1. The highest BCUT2D eigenvalue weighted by Crippen LogP contribution is 2.27. The molecule has 30 heavy (non-hydrogen) atoms. The van der Waals surface area contributed by atoms with Crippen molar-refractivity contribution in [2.24, 2.45) is 0 Å². The smallest absolute Gasteiger partial charge is 0.276 e. The molecule has 0 aliphatic carbocycles. The average molecular weight is 428 g/mol. The number of hydrogen-bond donors (Lipinski definition) is 1. The number of nitrogens with zero attached hydrogens (tertiary/aromatic N) is 2. The first-order valence-corrected chi connectivity index (χ1v) is 11.4. The highest BCUT2D eigenvalue weighted by Gasteiger charge is 2.21. The maximum absolute atomic E-state index is 12.7. The van der Waals surface area contributed by atoms with Crippen molar-refractivity contribution in [1.82, 2.24) is 14.7 Å². The molecule has 7 heteroatoms. The first-order valence-electron chi connectivity index (χ1n) is 10.6. The van der Waals surface area contributed by atoms with Gasteiger partial charge in [0.15, 0.2) is 6.29 Å². The van der Waals surface area contributed by atoms with Gasteiger partial charge in [0.05, 0.1) is 5.56 Å². The van der Waals surface area contributed by atoms with E-state index in [0.717, 1.165) is 56.9 Å². The molecule has 2 fully saturated rings. The monoisotopic (exact) mass is 427 g/mol. The minimum Gasteiger partial charge on any atom is -0.350 e. The van der Waals surface area contributed by atoms with Gasteiger partial charge in [-0.2, -0.15) is 0 Å². The lowest BCUT2D eigenvalue weighted by Crippen LogP contribution is -2.42. The SMILES string of the molecule is O=C(NOC1CCCCO1)c1ccccc1SN1CCN(Cc2ccccc2)CC1. The summed E-state index contributed by atoms with van der Waals surface area (Å²) in [6, 6.07) is 18.3. The van der Waals surface area contributed by atoms with Crippen LogP contribution in [0.15, 0.2) is 59.5 Å². The molecule has 2 aromatic rings. The van der Waals surface area contributed by atoms with E-state index in [2.05, 4.69) is 45.0 Å². The summed E-state index contributed by atoms with van der Waals surface area (Å²) in [7, 11) is 0. The molecule has 0 aromatic heterocycles. The quantitative estimate of drug-likeness (QED) is 0.537. The van der Waals surface area contributed by atoms with Crippen LogP contribution in [0.3, 0.4) is 0 Å². The Kier molecular flexibility index (Phi) is 7.77. The second-order valence-electron chi connectivity index (χ2n) is 7.62. The van der Waals surface area contributed by atoms with Crippen molar-refractivity contribution in [2.45, 2.75) is 37.0 Å². The van der Waals surface area contributed by atoms with Gasteiger partial charge in [0.25, 0.3) is 5.91 Å². The van der Waals surface area contributed by atoms with E-state index in [1.165, 1.54) is 5.56 Å². The summed E-state index contributed by atoms with van der Waals surface area (Å²) < 4.78 is 7.85. The minimum atomic E-state index is -0.347. The second kappa shape index (κ2) is 10.9. The number of hydrogen-bond acceptors (Lipinski definition) is 6. The number of hydroxylamine groups is 1. The fourth-order valence-corrected chi connectivity index (χ4v) is 4.69. The third-order valence-electron chi connectivity index (χ3n) is 5.36. The lowest BCUT2D eigenvalue weighted by atomic mass is 10.2. The van der Waals surface area contributed by atoms with E-state index in [1.807, 2.05) is 24.3 Å². The Bertz CT molecular complexity index is 806. The lowest BCUT2D eigenvalue weighted by Gasteiger charge is -2.34. The van der Waals surface area contributed by atoms with Crippen LogP contribution in [-0.4, -0.2) is 54.2 Å². The van der Waals surface area contributed by atoms with Crippen molar-refractivity contribution in [2.75, 3.05) is 32.8 Å². The summed E-state index contributed by atoms with van der Waals surface area (Å²) in [4.78, 5) is 21.6. The Balaban J connectivity index is 1.28. The molecule has 160 valence electrons. The van der Waals surface area contributed by atoms with Crippen LogP contribution < -0.4 is 5.48 Å². The molecule has 2 aliphatic rings. The molecule has 2 heterocycles. The first kappa shape index (κ1) is 21.3. The van der Waals surface area contributed by atoms with Crippen LogP contribution in [0.25, 0.3) is 0 Å². The zero-order valence-corrected chi connectivity index (χ0v) is 18.0. The third kappa shape index (κ3) is 6.06.